The van der Waals surface area contributed by atoms with Gasteiger partial charge in [0.1, 0.15) is 6.61 Å². The number of fused-ring (bicyclic) bond motifs is 1. The molecule has 1 aliphatic heterocycles. The van der Waals surface area contributed by atoms with Crippen molar-refractivity contribution in [1.29, 1.82) is 0 Å². The van der Waals surface area contributed by atoms with Crippen LogP contribution in [0.3, 0.4) is 0 Å². The Bertz CT molecular complexity index is 2410. The highest BCUT2D eigenvalue weighted by atomic mass is 16.5. The number of unbranched alkanes of at least 4 members (excludes halogenated alkanes) is 2. The number of rotatable bonds is 22. The summed E-state index contributed by atoms with van der Waals surface area (Å²) in [4.78, 5) is 93.7. The van der Waals surface area contributed by atoms with Crippen LogP contribution in [0.25, 0.3) is 16.5 Å². The molecule has 5 rings (SSSR count). The van der Waals surface area contributed by atoms with Crippen molar-refractivity contribution in [2.75, 3.05) is 23.7 Å². The number of ether oxygens (including phenoxy) is 1. The zero-order chi connectivity index (χ0) is 46.3. The van der Waals surface area contributed by atoms with Crippen molar-refractivity contribution in [2.24, 2.45) is 17.6 Å². The summed E-state index contributed by atoms with van der Waals surface area (Å²) in [5.41, 5.74) is 12.1. The second-order valence-electron chi connectivity index (χ2n) is 16.3. The lowest BCUT2D eigenvalue weighted by Gasteiger charge is -2.24. The van der Waals surface area contributed by atoms with E-state index in [0.717, 1.165) is 43.8 Å². The van der Waals surface area contributed by atoms with Crippen LogP contribution in [-0.2, 0) is 35.3 Å². The standard InChI is InChI=1S/C49H57N7O8/c1-30(2)46(55-43(58)15-7-6-10-25-56-44(59)22-23-45(56)60)42(57)28-36(12-11-24-51-48(50)62)47(61)53-37-20-17-34(18-21-37)29-64-49(63)54-41-27-35(19-16-31(41)3)33(5)39-26-32(4)52-40-14-9-8-13-38(39)40/h8-9,13-14,16-23,26-27,30,36,46H,5-7,10-12,15,24-25,28-29H2,1-4H3,(H,53,61)(H,54,63)(H,55,58)(H3,50,51,62)/t36-,46+/m1/s1. The number of urea groups is 1. The minimum Gasteiger partial charge on any atom is -0.444 e. The molecular formula is C49H57N7O8. The third kappa shape index (κ3) is 13.7. The molecule has 1 aliphatic rings. The minimum absolute atomic E-state index is 0.0432. The van der Waals surface area contributed by atoms with Gasteiger partial charge in [-0.2, -0.15) is 0 Å². The number of Topliss-reactive ketones (excluding diaryl/α,β-unsaturated/α-hetero) is 1. The number of primary amides is 1. The van der Waals surface area contributed by atoms with Gasteiger partial charge in [-0.1, -0.05) is 69.3 Å². The number of aromatic nitrogens is 1. The number of para-hydroxylation sites is 1. The maximum atomic E-state index is 13.7. The Morgan fingerprint density at radius 1 is 0.859 bits per heavy atom. The molecule has 0 aliphatic carbocycles. The summed E-state index contributed by atoms with van der Waals surface area (Å²) in [5.74, 6) is -2.77. The summed E-state index contributed by atoms with van der Waals surface area (Å²) in [6.07, 6.45) is 4.10. The van der Waals surface area contributed by atoms with Crippen LogP contribution in [0.15, 0.2) is 91.5 Å². The first-order valence-corrected chi connectivity index (χ1v) is 21.5. The number of benzene rings is 3. The third-order valence-electron chi connectivity index (χ3n) is 10.9. The Morgan fingerprint density at radius 2 is 1.58 bits per heavy atom. The van der Waals surface area contributed by atoms with Crippen LogP contribution < -0.4 is 27.0 Å². The predicted molar refractivity (Wildman–Crippen MR) is 246 cm³/mol. The molecule has 0 saturated heterocycles. The van der Waals surface area contributed by atoms with Crippen LogP contribution in [-0.4, -0.2) is 70.6 Å². The molecule has 64 heavy (non-hydrogen) atoms. The first-order valence-electron chi connectivity index (χ1n) is 21.5. The average Bonchev–Trinajstić information content (AvgIpc) is 3.58. The molecule has 3 aromatic carbocycles. The molecule has 0 bridgehead atoms. The van der Waals surface area contributed by atoms with Gasteiger partial charge in [0.05, 0.1) is 11.6 Å². The molecule has 0 fully saturated rings. The number of nitrogens with two attached hydrogens (primary N) is 1. The van der Waals surface area contributed by atoms with E-state index in [1.54, 1.807) is 24.3 Å². The Morgan fingerprint density at radius 3 is 2.28 bits per heavy atom. The Kier molecular flexibility index (Phi) is 17.1. The largest absolute Gasteiger partial charge is 0.444 e. The number of pyridine rings is 1. The van der Waals surface area contributed by atoms with Gasteiger partial charge in [-0.15, -0.1) is 0 Å². The van der Waals surface area contributed by atoms with Crippen molar-refractivity contribution in [2.45, 2.75) is 85.3 Å². The minimum atomic E-state index is -0.835. The van der Waals surface area contributed by atoms with Crippen molar-refractivity contribution in [1.82, 2.24) is 20.5 Å². The molecule has 336 valence electrons. The zero-order valence-corrected chi connectivity index (χ0v) is 36.8. The van der Waals surface area contributed by atoms with Crippen molar-refractivity contribution in [3.63, 3.8) is 0 Å². The van der Waals surface area contributed by atoms with Gasteiger partial charge in [0.15, 0.2) is 5.78 Å². The van der Waals surface area contributed by atoms with E-state index < -0.39 is 30.0 Å². The number of ketones is 1. The molecule has 15 heteroatoms. The summed E-state index contributed by atoms with van der Waals surface area (Å²) in [6.45, 7) is 12.3. The van der Waals surface area contributed by atoms with E-state index in [2.05, 4.69) is 32.8 Å². The first kappa shape index (κ1) is 47.9. The van der Waals surface area contributed by atoms with Gasteiger partial charge in [-0.25, -0.2) is 9.59 Å². The van der Waals surface area contributed by atoms with Gasteiger partial charge in [0, 0.05) is 66.5 Å². The average molecular weight is 872 g/mol. The quantitative estimate of drug-likeness (QED) is 0.0396. The number of imide groups is 1. The maximum absolute atomic E-state index is 13.7. The smallest absolute Gasteiger partial charge is 0.411 e. The van der Waals surface area contributed by atoms with Crippen LogP contribution in [0.2, 0.25) is 0 Å². The number of aryl methyl sites for hydroxylation is 2. The van der Waals surface area contributed by atoms with E-state index in [0.29, 0.717) is 42.6 Å². The number of anilines is 2. The second kappa shape index (κ2) is 22.8. The van der Waals surface area contributed by atoms with Crippen molar-refractivity contribution in [3.05, 3.63) is 119 Å². The van der Waals surface area contributed by atoms with Gasteiger partial charge in [-0.05, 0) is 104 Å². The summed E-state index contributed by atoms with van der Waals surface area (Å²) in [6, 6.07) is 20.8. The maximum Gasteiger partial charge on any atom is 0.411 e. The van der Waals surface area contributed by atoms with Crippen molar-refractivity contribution < 1.29 is 38.3 Å². The topological polar surface area (TPSA) is 219 Å². The molecule has 0 saturated carbocycles. The molecule has 0 spiro atoms. The molecule has 0 radical (unpaired) electrons. The van der Waals surface area contributed by atoms with E-state index in [4.69, 9.17) is 10.5 Å². The van der Waals surface area contributed by atoms with Crippen LogP contribution in [0.4, 0.5) is 21.0 Å². The lowest BCUT2D eigenvalue weighted by molar-refractivity contribution is -0.137. The third-order valence-corrected chi connectivity index (χ3v) is 10.9. The Hall–Kier alpha value is -7.16. The predicted octanol–water partition coefficient (Wildman–Crippen LogP) is 7.25. The summed E-state index contributed by atoms with van der Waals surface area (Å²) >= 11 is 0. The number of nitrogens with one attached hydrogen (secondary N) is 4. The number of amides is 7. The fourth-order valence-electron chi connectivity index (χ4n) is 7.38. The summed E-state index contributed by atoms with van der Waals surface area (Å²) < 4.78 is 5.55. The highest BCUT2D eigenvalue weighted by Gasteiger charge is 2.30. The van der Waals surface area contributed by atoms with Crippen LogP contribution in [0.1, 0.15) is 86.7 Å². The lowest BCUT2D eigenvalue weighted by Crippen LogP contribution is -2.45. The monoisotopic (exact) mass is 871 g/mol. The Balaban J connectivity index is 1.13. The fraction of sp³-hybridized carbons (Fsp3) is 0.347. The molecule has 0 unspecified atom stereocenters. The molecule has 7 amide bonds. The molecule has 1 aromatic heterocycles. The van der Waals surface area contributed by atoms with Crippen LogP contribution >= 0.6 is 0 Å². The highest BCUT2D eigenvalue weighted by molar-refractivity contribution is 6.12. The number of carbonyl (C=O) groups excluding carboxylic acids is 7. The normalized spacial score (nSPS) is 13.1. The molecule has 15 nitrogen and oxygen atoms in total. The number of carbonyl (C=O) groups is 7. The lowest BCUT2D eigenvalue weighted by atomic mass is 9.89. The number of hydrogen-bond donors (Lipinski definition) is 5. The van der Waals surface area contributed by atoms with Crippen molar-refractivity contribution >= 4 is 69.4 Å². The SMILES string of the molecule is C=C(c1ccc(C)c(NC(=O)OCc2ccc(NC(=O)[C@H](CCCNC(N)=O)CC(=O)[C@@H](NC(=O)CCCCCN3C(=O)C=CC3=O)C(C)C)cc2)c1)c1cc(C)nc2ccccc12. The van der Waals surface area contributed by atoms with Crippen LogP contribution in [0.5, 0.6) is 0 Å². The Labute approximate surface area is 373 Å². The van der Waals surface area contributed by atoms with Gasteiger partial charge >= 0.3 is 12.1 Å². The fourth-order valence-corrected chi connectivity index (χ4v) is 7.38. The molecule has 6 N–H and O–H groups in total. The van der Waals surface area contributed by atoms with E-state index in [1.807, 2.05) is 76.2 Å². The summed E-state index contributed by atoms with van der Waals surface area (Å²) in [7, 11) is 0. The van der Waals surface area contributed by atoms with Crippen molar-refractivity contribution in [3.8, 4) is 0 Å². The molecule has 2 heterocycles. The highest BCUT2D eigenvalue weighted by Crippen LogP contribution is 2.31. The van der Waals surface area contributed by atoms with Crippen LogP contribution in [0, 0.1) is 25.7 Å². The first-order chi connectivity index (χ1) is 30.6. The zero-order valence-electron chi connectivity index (χ0n) is 36.8. The number of hydrogen-bond acceptors (Lipinski definition) is 9. The van der Waals surface area contributed by atoms with E-state index in [9.17, 15) is 33.6 Å². The van der Waals surface area contributed by atoms with Gasteiger partial charge in [0.2, 0.25) is 11.8 Å². The molecule has 2 atom stereocenters. The summed E-state index contributed by atoms with van der Waals surface area (Å²) in [5, 5.41) is 12.0. The molecule has 4 aromatic rings. The number of nitrogens with zero attached hydrogens (tertiary/aromatic N) is 2. The van der Waals surface area contributed by atoms with Gasteiger partial charge < -0.3 is 26.4 Å². The van der Waals surface area contributed by atoms with E-state index in [-0.39, 0.29) is 68.4 Å². The van der Waals surface area contributed by atoms with Gasteiger partial charge in [-0.3, -0.25) is 39.2 Å². The molecular weight excluding hydrogens is 815 g/mol. The van der Waals surface area contributed by atoms with E-state index >= 15 is 0 Å². The van der Waals surface area contributed by atoms with E-state index in [1.165, 1.54) is 12.2 Å². The second-order valence-corrected chi connectivity index (χ2v) is 16.3. The van der Waals surface area contributed by atoms with Gasteiger partial charge in [0.25, 0.3) is 11.8 Å².